The number of Topliss-reactive ketones (excluding diaryl/α,β-unsaturated/α-hetero) is 1. The molecule has 0 rings (SSSR count). The van der Waals surface area contributed by atoms with Gasteiger partial charge in [0.2, 0.25) is 0 Å². The molecule has 0 aliphatic carbocycles. The maximum Gasteiger partial charge on any atom is 0.130 e. The zero-order chi connectivity index (χ0) is 11.4. The van der Waals surface area contributed by atoms with Crippen molar-refractivity contribution in [2.75, 3.05) is 0 Å². The Morgan fingerprint density at radius 2 is 1.47 bits per heavy atom. The minimum atomic E-state index is 0.264. The lowest BCUT2D eigenvalue weighted by Gasteiger charge is -1.87. The van der Waals surface area contributed by atoms with Crippen molar-refractivity contribution in [1.29, 1.82) is 0 Å². The standard InChI is InChI=1S/C14H22O/c1-3-4-5-6-7-8-9-10-11-12-13-14(2)15/h4-5,7-8,10-11H,3,6,9,12-13H2,1-2H3/b5-4+,8-7-,11-10-. The van der Waals surface area contributed by atoms with E-state index in [0.29, 0.717) is 6.42 Å². The normalized spacial score (nSPS) is 12.1. The molecule has 0 heterocycles. The Labute approximate surface area is 93.6 Å². The Balaban J connectivity index is 3.36. The molecule has 0 spiro atoms. The van der Waals surface area contributed by atoms with Gasteiger partial charge in [-0.15, -0.1) is 0 Å². The number of rotatable bonds is 8. The lowest BCUT2D eigenvalue weighted by molar-refractivity contribution is -0.116. The van der Waals surface area contributed by atoms with Gasteiger partial charge in [-0.2, -0.15) is 0 Å². The SMILES string of the molecule is CC/C=C/C/C=C\C/C=C\CCC(C)=O. The van der Waals surface area contributed by atoms with Gasteiger partial charge in [-0.25, -0.2) is 0 Å². The van der Waals surface area contributed by atoms with Crippen molar-refractivity contribution in [2.45, 2.75) is 46.0 Å². The molecule has 0 aromatic rings. The molecule has 0 amide bonds. The Kier molecular flexibility index (Phi) is 10.2. The fraction of sp³-hybridized carbons (Fsp3) is 0.500. The number of ketones is 1. The van der Waals surface area contributed by atoms with E-state index in [1.54, 1.807) is 6.92 Å². The largest absolute Gasteiger partial charge is 0.300 e. The molecule has 0 aliphatic rings. The summed E-state index contributed by atoms with van der Waals surface area (Å²) in [6, 6.07) is 0. The van der Waals surface area contributed by atoms with Crippen LogP contribution < -0.4 is 0 Å². The van der Waals surface area contributed by atoms with Crippen LogP contribution in [0.2, 0.25) is 0 Å². The molecule has 0 saturated heterocycles. The quantitative estimate of drug-likeness (QED) is 0.543. The van der Waals surface area contributed by atoms with Crippen molar-refractivity contribution in [1.82, 2.24) is 0 Å². The first kappa shape index (κ1) is 13.9. The van der Waals surface area contributed by atoms with Gasteiger partial charge in [0.25, 0.3) is 0 Å². The third-order valence-corrected chi connectivity index (χ3v) is 1.94. The van der Waals surface area contributed by atoms with E-state index in [-0.39, 0.29) is 5.78 Å². The molecule has 0 radical (unpaired) electrons. The summed E-state index contributed by atoms with van der Waals surface area (Å²) in [5.41, 5.74) is 0. The lowest BCUT2D eigenvalue weighted by atomic mass is 10.2. The third-order valence-electron chi connectivity index (χ3n) is 1.94. The van der Waals surface area contributed by atoms with E-state index in [0.717, 1.165) is 25.7 Å². The second-order valence-corrected chi connectivity index (χ2v) is 3.53. The summed E-state index contributed by atoms with van der Waals surface area (Å²) in [4.78, 5) is 10.6. The molecule has 0 N–H and O–H groups in total. The Morgan fingerprint density at radius 3 is 2.00 bits per heavy atom. The van der Waals surface area contributed by atoms with Gasteiger partial charge in [0.1, 0.15) is 5.78 Å². The molecule has 0 saturated carbocycles. The number of allylic oxidation sites excluding steroid dienone is 6. The Morgan fingerprint density at radius 1 is 0.933 bits per heavy atom. The Hall–Kier alpha value is -1.11. The first-order valence-corrected chi connectivity index (χ1v) is 5.71. The van der Waals surface area contributed by atoms with Gasteiger partial charge in [0, 0.05) is 6.42 Å². The highest BCUT2D eigenvalue weighted by atomic mass is 16.1. The van der Waals surface area contributed by atoms with Crippen molar-refractivity contribution in [2.24, 2.45) is 0 Å². The van der Waals surface area contributed by atoms with Crippen molar-refractivity contribution in [3.63, 3.8) is 0 Å². The molecule has 84 valence electrons. The van der Waals surface area contributed by atoms with Crippen molar-refractivity contribution in [3.8, 4) is 0 Å². The van der Waals surface area contributed by atoms with Gasteiger partial charge in [0.05, 0.1) is 0 Å². The molecule has 0 aliphatic heterocycles. The van der Waals surface area contributed by atoms with Crippen LogP contribution in [0.5, 0.6) is 0 Å². The van der Waals surface area contributed by atoms with Gasteiger partial charge in [-0.3, -0.25) is 0 Å². The predicted octanol–water partition coefficient (Wildman–Crippen LogP) is 4.21. The van der Waals surface area contributed by atoms with E-state index in [9.17, 15) is 4.79 Å². The van der Waals surface area contributed by atoms with Crippen LogP contribution in [0.25, 0.3) is 0 Å². The smallest absolute Gasteiger partial charge is 0.130 e. The van der Waals surface area contributed by atoms with Gasteiger partial charge < -0.3 is 4.79 Å². The second-order valence-electron chi connectivity index (χ2n) is 3.53. The first-order valence-electron chi connectivity index (χ1n) is 5.71. The average Bonchev–Trinajstić information content (AvgIpc) is 2.20. The fourth-order valence-corrected chi connectivity index (χ4v) is 1.11. The molecule has 1 nitrogen and oxygen atoms in total. The number of hydrogen-bond donors (Lipinski definition) is 0. The monoisotopic (exact) mass is 206 g/mol. The highest BCUT2D eigenvalue weighted by Crippen LogP contribution is 1.96. The molecule has 0 bridgehead atoms. The summed E-state index contributed by atoms with van der Waals surface area (Å²) in [5, 5.41) is 0. The van der Waals surface area contributed by atoms with Crippen LogP contribution in [0.1, 0.15) is 46.0 Å². The van der Waals surface area contributed by atoms with Gasteiger partial charge >= 0.3 is 0 Å². The molecule has 1 heteroatoms. The number of hydrogen-bond acceptors (Lipinski definition) is 1. The van der Waals surface area contributed by atoms with Crippen molar-refractivity contribution < 1.29 is 4.79 Å². The zero-order valence-corrected chi connectivity index (χ0v) is 9.91. The second kappa shape index (κ2) is 11.0. The van der Waals surface area contributed by atoms with Crippen LogP contribution in [-0.4, -0.2) is 5.78 Å². The highest BCUT2D eigenvalue weighted by molar-refractivity contribution is 5.75. The third kappa shape index (κ3) is 12.9. The van der Waals surface area contributed by atoms with Crippen LogP contribution >= 0.6 is 0 Å². The van der Waals surface area contributed by atoms with Crippen LogP contribution in [0.4, 0.5) is 0 Å². The van der Waals surface area contributed by atoms with Crippen LogP contribution in [0.15, 0.2) is 36.5 Å². The fourth-order valence-electron chi connectivity index (χ4n) is 1.11. The summed E-state index contributed by atoms with van der Waals surface area (Å²) in [5.74, 6) is 0.264. The molecule has 15 heavy (non-hydrogen) atoms. The molecule has 0 aromatic carbocycles. The van der Waals surface area contributed by atoms with Crippen LogP contribution in [-0.2, 0) is 4.79 Å². The summed E-state index contributed by atoms with van der Waals surface area (Å²) < 4.78 is 0. The van der Waals surface area contributed by atoms with Gasteiger partial charge in [-0.1, -0.05) is 43.4 Å². The minimum absolute atomic E-state index is 0.264. The molecular weight excluding hydrogens is 184 g/mol. The van der Waals surface area contributed by atoms with E-state index in [1.807, 2.05) is 0 Å². The van der Waals surface area contributed by atoms with E-state index in [1.165, 1.54) is 0 Å². The molecule has 0 unspecified atom stereocenters. The predicted molar refractivity (Wildman–Crippen MR) is 66.9 cm³/mol. The van der Waals surface area contributed by atoms with Gasteiger partial charge in [0.15, 0.2) is 0 Å². The van der Waals surface area contributed by atoms with Crippen molar-refractivity contribution in [3.05, 3.63) is 36.5 Å². The summed E-state index contributed by atoms with van der Waals surface area (Å²) >= 11 is 0. The highest BCUT2D eigenvalue weighted by Gasteiger charge is 1.87. The maximum atomic E-state index is 10.6. The molecular formula is C14H22O. The maximum absolute atomic E-state index is 10.6. The molecule has 0 fully saturated rings. The summed E-state index contributed by atoms with van der Waals surface area (Å²) in [6.07, 6.45) is 17.5. The average molecular weight is 206 g/mol. The lowest BCUT2D eigenvalue weighted by Crippen LogP contribution is -1.85. The van der Waals surface area contributed by atoms with Crippen LogP contribution in [0.3, 0.4) is 0 Å². The summed E-state index contributed by atoms with van der Waals surface area (Å²) in [7, 11) is 0. The van der Waals surface area contributed by atoms with Crippen molar-refractivity contribution >= 4 is 5.78 Å². The van der Waals surface area contributed by atoms with E-state index in [4.69, 9.17) is 0 Å². The number of carbonyl (C=O) groups is 1. The number of carbonyl (C=O) groups excluding carboxylic acids is 1. The molecule has 0 aromatic heterocycles. The zero-order valence-electron chi connectivity index (χ0n) is 9.91. The van der Waals surface area contributed by atoms with Gasteiger partial charge in [-0.05, 0) is 32.6 Å². The topological polar surface area (TPSA) is 17.1 Å². The first-order chi connectivity index (χ1) is 7.27. The molecule has 0 atom stereocenters. The Bertz CT molecular complexity index is 234. The van der Waals surface area contributed by atoms with Crippen LogP contribution in [0, 0.1) is 0 Å². The van der Waals surface area contributed by atoms with E-state index in [2.05, 4.69) is 43.4 Å². The summed E-state index contributed by atoms with van der Waals surface area (Å²) in [6.45, 7) is 3.77. The minimum Gasteiger partial charge on any atom is -0.300 e. The van der Waals surface area contributed by atoms with E-state index < -0.39 is 0 Å². The van der Waals surface area contributed by atoms with E-state index >= 15 is 0 Å².